The fourth-order valence-corrected chi connectivity index (χ4v) is 2.76. The Morgan fingerprint density at radius 1 is 1.44 bits per heavy atom. The van der Waals surface area contributed by atoms with Crippen LogP contribution in [0.5, 0.6) is 0 Å². The molecule has 0 saturated heterocycles. The van der Waals surface area contributed by atoms with Crippen LogP contribution in [0.25, 0.3) is 0 Å². The van der Waals surface area contributed by atoms with Gasteiger partial charge in [0.15, 0.2) is 0 Å². The zero-order valence-electron chi connectivity index (χ0n) is 10.3. The maximum Gasteiger partial charge on any atom is 0.0521 e. The summed E-state index contributed by atoms with van der Waals surface area (Å²) in [5.74, 6) is 5.67. The van der Waals surface area contributed by atoms with Crippen molar-refractivity contribution in [3.05, 3.63) is 51.4 Å². The molecule has 2 aromatic rings. The topological polar surface area (TPSA) is 55.9 Å². The zero-order chi connectivity index (χ0) is 13.0. The van der Waals surface area contributed by atoms with Gasteiger partial charge >= 0.3 is 0 Å². The number of nitrogens with zero attached hydrogens (tertiary/aromatic N) is 2. The Labute approximate surface area is 121 Å². The molecule has 1 aromatic heterocycles. The second kappa shape index (κ2) is 6.31. The number of aromatic nitrogens is 2. The maximum atomic E-state index is 5.67. The van der Waals surface area contributed by atoms with E-state index in [9.17, 15) is 0 Å². The van der Waals surface area contributed by atoms with Crippen LogP contribution in [0.2, 0.25) is 0 Å². The van der Waals surface area contributed by atoms with E-state index in [1.807, 2.05) is 36.3 Å². The lowest BCUT2D eigenvalue weighted by atomic mass is 10.0. The predicted molar refractivity (Wildman–Crippen MR) is 80.8 cm³/mol. The molecule has 4 nitrogen and oxygen atoms in total. The summed E-state index contributed by atoms with van der Waals surface area (Å²) >= 11 is 2.35. The molecule has 0 aliphatic heterocycles. The zero-order valence-corrected chi connectivity index (χ0v) is 12.5. The van der Waals surface area contributed by atoms with Gasteiger partial charge in [-0.1, -0.05) is 18.2 Å². The van der Waals surface area contributed by atoms with Crippen molar-refractivity contribution in [3.8, 4) is 0 Å². The number of nitrogens with two attached hydrogens (primary N) is 1. The van der Waals surface area contributed by atoms with Crippen LogP contribution in [0, 0.1) is 3.57 Å². The molecule has 0 aliphatic rings. The smallest absolute Gasteiger partial charge is 0.0521 e. The summed E-state index contributed by atoms with van der Waals surface area (Å²) in [6.45, 7) is 0. The van der Waals surface area contributed by atoms with E-state index in [2.05, 4.69) is 45.2 Å². The van der Waals surface area contributed by atoms with Gasteiger partial charge in [0, 0.05) is 22.9 Å². The van der Waals surface area contributed by atoms with Gasteiger partial charge in [-0.25, -0.2) is 0 Å². The van der Waals surface area contributed by atoms with Gasteiger partial charge in [-0.05, 0) is 52.6 Å². The van der Waals surface area contributed by atoms with Crippen molar-refractivity contribution >= 4 is 22.6 Å². The largest absolute Gasteiger partial charge is 0.276 e. The molecule has 1 unspecified atom stereocenters. The SMILES string of the molecule is Cn1cc(CCC(NN)c2ccccc2I)cn1. The minimum atomic E-state index is 0.179. The Morgan fingerprint density at radius 2 is 2.22 bits per heavy atom. The van der Waals surface area contributed by atoms with Crippen LogP contribution in [0.3, 0.4) is 0 Å². The molecule has 1 aromatic carbocycles. The van der Waals surface area contributed by atoms with E-state index in [0.717, 1.165) is 12.8 Å². The van der Waals surface area contributed by atoms with Gasteiger partial charge in [0.25, 0.3) is 0 Å². The molecule has 0 fully saturated rings. The minimum absolute atomic E-state index is 0.179. The third-order valence-electron chi connectivity index (χ3n) is 2.96. The van der Waals surface area contributed by atoms with Gasteiger partial charge in [-0.2, -0.15) is 5.10 Å². The number of hydrazine groups is 1. The van der Waals surface area contributed by atoms with E-state index in [-0.39, 0.29) is 6.04 Å². The first-order valence-corrected chi connectivity index (χ1v) is 6.96. The quantitative estimate of drug-likeness (QED) is 0.491. The number of halogens is 1. The van der Waals surface area contributed by atoms with Crippen molar-refractivity contribution < 1.29 is 0 Å². The Kier molecular flexibility index (Phi) is 4.73. The normalized spacial score (nSPS) is 12.6. The van der Waals surface area contributed by atoms with Crippen molar-refractivity contribution in [3.63, 3.8) is 0 Å². The van der Waals surface area contributed by atoms with Crippen molar-refractivity contribution in [2.45, 2.75) is 18.9 Å². The van der Waals surface area contributed by atoms with Crippen LogP contribution in [-0.2, 0) is 13.5 Å². The Balaban J connectivity index is 2.04. The highest BCUT2D eigenvalue weighted by Gasteiger charge is 2.12. The fraction of sp³-hybridized carbons (Fsp3) is 0.308. The molecule has 96 valence electrons. The van der Waals surface area contributed by atoms with Crippen LogP contribution in [0.4, 0.5) is 0 Å². The fourth-order valence-electron chi connectivity index (χ4n) is 2.00. The summed E-state index contributed by atoms with van der Waals surface area (Å²) < 4.78 is 3.07. The summed E-state index contributed by atoms with van der Waals surface area (Å²) in [4.78, 5) is 0. The van der Waals surface area contributed by atoms with E-state index >= 15 is 0 Å². The van der Waals surface area contributed by atoms with Crippen LogP contribution in [0.1, 0.15) is 23.6 Å². The van der Waals surface area contributed by atoms with Gasteiger partial charge in [0.05, 0.1) is 6.20 Å². The second-order valence-electron chi connectivity index (χ2n) is 4.30. The molecular weight excluding hydrogens is 339 g/mol. The van der Waals surface area contributed by atoms with Crippen LogP contribution in [0.15, 0.2) is 36.7 Å². The molecule has 3 N–H and O–H groups in total. The highest BCUT2D eigenvalue weighted by molar-refractivity contribution is 14.1. The lowest BCUT2D eigenvalue weighted by Crippen LogP contribution is -2.29. The van der Waals surface area contributed by atoms with E-state index < -0.39 is 0 Å². The van der Waals surface area contributed by atoms with Crippen molar-refractivity contribution in [1.82, 2.24) is 15.2 Å². The van der Waals surface area contributed by atoms with Gasteiger partial charge < -0.3 is 0 Å². The van der Waals surface area contributed by atoms with Gasteiger partial charge in [-0.3, -0.25) is 16.0 Å². The number of hydrogen-bond donors (Lipinski definition) is 2. The summed E-state index contributed by atoms with van der Waals surface area (Å²) in [5.41, 5.74) is 5.40. The van der Waals surface area contributed by atoms with E-state index in [1.165, 1.54) is 14.7 Å². The second-order valence-corrected chi connectivity index (χ2v) is 5.46. The molecule has 1 heterocycles. The third kappa shape index (κ3) is 3.30. The number of nitrogens with one attached hydrogen (secondary N) is 1. The molecule has 0 spiro atoms. The third-order valence-corrected chi connectivity index (χ3v) is 3.94. The molecule has 0 aliphatic carbocycles. The highest BCUT2D eigenvalue weighted by Crippen LogP contribution is 2.23. The standard InChI is InChI=1S/C13H17IN4/c1-18-9-10(8-16-18)6-7-13(17-15)11-4-2-3-5-12(11)14/h2-5,8-9,13,17H,6-7,15H2,1H3. The molecule has 1 atom stereocenters. The van der Waals surface area contributed by atoms with E-state index in [0.29, 0.717) is 0 Å². The average Bonchev–Trinajstić information content (AvgIpc) is 2.78. The lowest BCUT2D eigenvalue weighted by molar-refractivity contribution is 0.514. The number of aryl methyl sites for hydroxylation is 2. The van der Waals surface area contributed by atoms with Gasteiger partial charge in [-0.15, -0.1) is 0 Å². The summed E-state index contributed by atoms with van der Waals surface area (Å²) in [6.07, 6.45) is 5.88. The Morgan fingerprint density at radius 3 is 2.83 bits per heavy atom. The van der Waals surface area contributed by atoms with E-state index in [4.69, 9.17) is 5.84 Å². The van der Waals surface area contributed by atoms with Crippen molar-refractivity contribution in [2.75, 3.05) is 0 Å². The Hall–Kier alpha value is -0.920. The molecule has 0 radical (unpaired) electrons. The van der Waals surface area contributed by atoms with Crippen LogP contribution >= 0.6 is 22.6 Å². The first-order valence-electron chi connectivity index (χ1n) is 5.89. The molecule has 18 heavy (non-hydrogen) atoms. The number of benzene rings is 1. The minimum Gasteiger partial charge on any atom is -0.276 e. The summed E-state index contributed by atoms with van der Waals surface area (Å²) in [7, 11) is 1.93. The first-order chi connectivity index (χ1) is 8.70. The van der Waals surface area contributed by atoms with Crippen molar-refractivity contribution in [2.24, 2.45) is 12.9 Å². The number of hydrogen-bond acceptors (Lipinski definition) is 3. The molecular formula is C13H17IN4. The highest BCUT2D eigenvalue weighted by atomic mass is 127. The molecule has 0 bridgehead atoms. The van der Waals surface area contributed by atoms with Crippen LogP contribution < -0.4 is 11.3 Å². The first kappa shape index (κ1) is 13.5. The Bertz CT molecular complexity index is 509. The summed E-state index contributed by atoms with van der Waals surface area (Å²) in [5, 5.41) is 4.17. The van der Waals surface area contributed by atoms with E-state index in [1.54, 1.807) is 0 Å². The van der Waals surface area contributed by atoms with Crippen LogP contribution in [-0.4, -0.2) is 9.78 Å². The molecule has 0 amide bonds. The van der Waals surface area contributed by atoms with Gasteiger partial charge in [0.1, 0.15) is 0 Å². The molecule has 0 saturated carbocycles. The van der Waals surface area contributed by atoms with Crippen molar-refractivity contribution in [1.29, 1.82) is 0 Å². The average molecular weight is 356 g/mol. The number of rotatable bonds is 5. The monoisotopic (exact) mass is 356 g/mol. The van der Waals surface area contributed by atoms with Gasteiger partial charge in [0.2, 0.25) is 0 Å². The molecule has 2 rings (SSSR count). The summed E-state index contributed by atoms with van der Waals surface area (Å²) in [6, 6.07) is 8.49. The molecule has 5 heteroatoms. The predicted octanol–water partition coefficient (Wildman–Crippen LogP) is 2.16. The maximum absolute atomic E-state index is 5.67. The lowest BCUT2D eigenvalue weighted by Gasteiger charge is -2.17.